The standard InChI is InChI=1S/C40H45N5O8/c1-4-18-41-36(46)23-52-29-13-10-25(11-14-29)38-43-33-19-26(12-17-35(33)45(38)28-8-6-5-7-9-28)39(48)44-34(40(49)51-3)20-27-22-42-32-16-15-30(21-31(27)32)53-24-37(47)50-2/h10-17,19,21-22,28,34,42H,4-9,18,20,23-24H2,1-3H3,(H,41,46)(H,44,48)/t34-/m0/s1. The highest BCUT2D eigenvalue weighted by molar-refractivity contribution is 6.00. The zero-order valence-corrected chi connectivity index (χ0v) is 30.2. The van der Waals surface area contributed by atoms with Crippen molar-refractivity contribution in [3.63, 3.8) is 0 Å². The number of nitrogens with one attached hydrogen (secondary N) is 3. The van der Waals surface area contributed by atoms with Gasteiger partial charge in [-0.05, 0) is 85.5 Å². The number of carbonyl (C=O) groups is 4. The maximum atomic E-state index is 13.7. The molecular weight excluding hydrogens is 678 g/mol. The molecule has 3 N–H and O–H groups in total. The smallest absolute Gasteiger partial charge is 0.343 e. The van der Waals surface area contributed by atoms with Crippen LogP contribution >= 0.6 is 0 Å². The lowest BCUT2D eigenvalue weighted by Gasteiger charge is -2.25. The number of esters is 2. The van der Waals surface area contributed by atoms with E-state index in [0.29, 0.717) is 29.1 Å². The Balaban J connectivity index is 1.23. The number of hydrogen-bond donors (Lipinski definition) is 3. The Morgan fingerprint density at radius 2 is 1.66 bits per heavy atom. The SMILES string of the molecule is CCCNC(=O)COc1ccc(-c2nc3cc(C(=O)N[C@@H](Cc4c[nH]c5ccc(OCC(=O)OC)cc45)C(=O)OC)ccc3n2C2CCCCC2)cc1. The molecule has 53 heavy (non-hydrogen) atoms. The van der Waals surface area contributed by atoms with Gasteiger partial charge < -0.3 is 39.1 Å². The molecule has 0 spiro atoms. The number of aromatic nitrogens is 3. The minimum absolute atomic E-state index is 0.0578. The summed E-state index contributed by atoms with van der Waals surface area (Å²) in [6.45, 7) is 2.31. The average Bonchev–Trinajstić information content (AvgIpc) is 3.78. The zero-order chi connectivity index (χ0) is 37.3. The number of aromatic amines is 1. The summed E-state index contributed by atoms with van der Waals surface area (Å²) in [5.41, 5.74) is 4.38. The van der Waals surface area contributed by atoms with E-state index in [4.69, 9.17) is 19.2 Å². The van der Waals surface area contributed by atoms with Gasteiger partial charge in [0.1, 0.15) is 23.4 Å². The van der Waals surface area contributed by atoms with Gasteiger partial charge in [0.2, 0.25) is 0 Å². The van der Waals surface area contributed by atoms with Crippen LogP contribution < -0.4 is 20.1 Å². The highest BCUT2D eigenvalue weighted by Gasteiger charge is 2.26. The fourth-order valence-corrected chi connectivity index (χ4v) is 6.73. The molecule has 1 fully saturated rings. The van der Waals surface area contributed by atoms with Crippen LogP contribution in [-0.4, -0.2) is 78.3 Å². The van der Waals surface area contributed by atoms with Crippen LogP contribution in [0.4, 0.5) is 0 Å². The third-order valence-electron chi connectivity index (χ3n) is 9.48. The number of ether oxygens (including phenoxy) is 4. The van der Waals surface area contributed by atoms with Crippen LogP contribution in [-0.2, 0) is 30.3 Å². The molecule has 1 atom stereocenters. The third-order valence-corrected chi connectivity index (χ3v) is 9.48. The van der Waals surface area contributed by atoms with Gasteiger partial charge in [-0.25, -0.2) is 14.6 Å². The van der Waals surface area contributed by atoms with E-state index in [1.807, 2.05) is 43.3 Å². The first-order chi connectivity index (χ1) is 25.8. The molecule has 2 aromatic heterocycles. The molecule has 5 aromatic rings. The van der Waals surface area contributed by atoms with Gasteiger partial charge in [0.05, 0.1) is 25.3 Å². The van der Waals surface area contributed by atoms with Gasteiger partial charge in [0.25, 0.3) is 11.8 Å². The van der Waals surface area contributed by atoms with Crippen LogP contribution in [0.15, 0.2) is 66.9 Å². The fraction of sp³-hybridized carbons (Fsp3) is 0.375. The van der Waals surface area contributed by atoms with Crippen molar-refractivity contribution in [3.8, 4) is 22.9 Å². The largest absolute Gasteiger partial charge is 0.484 e. The van der Waals surface area contributed by atoms with Crippen LogP contribution in [0, 0.1) is 0 Å². The summed E-state index contributed by atoms with van der Waals surface area (Å²) in [7, 11) is 2.57. The summed E-state index contributed by atoms with van der Waals surface area (Å²) in [6, 6.07) is 17.6. The molecule has 13 heteroatoms. The van der Waals surface area contributed by atoms with Crippen molar-refractivity contribution in [2.24, 2.45) is 0 Å². The molecular formula is C40H45N5O8. The number of amides is 2. The number of fused-ring (bicyclic) bond motifs is 2. The molecule has 0 unspecified atom stereocenters. The molecule has 0 radical (unpaired) electrons. The fourth-order valence-electron chi connectivity index (χ4n) is 6.73. The van der Waals surface area contributed by atoms with Gasteiger partial charge in [0.15, 0.2) is 13.2 Å². The molecule has 2 amide bonds. The van der Waals surface area contributed by atoms with E-state index in [-0.39, 0.29) is 31.6 Å². The van der Waals surface area contributed by atoms with Crippen molar-refractivity contribution in [2.45, 2.75) is 64.0 Å². The normalized spacial score (nSPS) is 13.7. The summed E-state index contributed by atoms with van der Waals surface area (Å²) in [6.07, 6.45) is 8.29. The summed E-state index contributed by atoms with van der Waals surface area (Å²) < 4.78 is 23.3. The van der Waals surface area contributed by atoms with Gasteiger partial charge in [-0.3, -0.25) is 9.59 Å². The Labute approximate surface area is 307 Å². The second kappa shape index (κ2) is 17.1. The molecule has 13 nitrogen and oxygen atoms in total. The van der Waals surface area contributed by atoms with Crippen molar-refractivity contribution < 1.29 is 38.1 Å². The number of benzene rings is 3. The number of carbonyl (C=O) groups excluding carboxylic acids is 4. The summed E-state index contributed by atoms with van der Waals surface area (Å²) >= 11 is 0. The summed E-state index contributed by atoms with van der Waals surface area (Å²) in [4.78, 5) is 58.6. The van der Waals surface area contributed by atoms with Crippen LogP contribution in [0.1, 0.15) is 67.4 Å². The second-order valence-corrected chi connectivity index (χ2v) is 13.1. The highest BCUT2D eigenvalue weighted by Crippen LogP contribution is 2.36. The maximum Gasteiger partial charge on any atom is 0.343 e. The van der Waals surface area contributed by atoms with E-state index in [1.165, 1.54) is 20.6 Å². The summed E-state index contributed by atoms with van der Waals surface area (Å²) in [5.74, 6) is 0.126. The maximum absolute atomic E-state index is 13.7. The van der Waals surface area contributed by atoms with Crippen LogP contribution in [0.5, 0.6) is 11.5 Å². The number of methoxy groups -OCH3 is 2. The van der Waals surface area contributed by atoms with Gasteiger partial charge in [0, 0.05) is 47.2 Å². The molecule has 0 aliphatic heterocycles. The van der Waals surface area contributed by atoms with Crippen LogP contribution in [0.3, 0.4) is 0 Å². The lowest BCUT2D eigenvalue weighted by atomic mass is 9.94. The van der Waals surface area contributed by atoms with Gasteiger partial charge in [-0.2, -0.15) is 0 Å². The highest BCUT2D eigenvalue weighted by atomic mass is 16.6. The quantitative estimate of drug-likeness (QED) is 0.116. The van der Waals surface area contributed by atoms with Crippen molar-refractivity contribution >= 4 is 45.7 Å². The Morgan fingerprint density at radius 1 is 0.906 bits per heavy atom. The molecule has 278 valence electrons. The zero-order valence-electron chi connectivity index (χ0n) is 30.2. The first-order valence-electron chi connectivity index (χ1n) is 18.0. The minimum Gasteiger partial charge on any atom is -0.484 e. The van der Waals surface area contributed by atoms with Gasteiger partial charge in [-0.15, -0.1) is 0 Å². The number of rotatable bonds is 15. The van der Waals surface area contributed by atoms with Gasteiger partial charge >= 0.3 is 11.9 Å². The molecule has 1 aliphatic rings. The lowest BCUT2D eigenvalue weighted by Crippen LogP contribution is -2.43. The first kappa shape index (κ1) is 36.9. The van der Waals surface area contributed by atoms with Crippen LogP contribution in [0.2, 0.25) is 0 Å². The lowest BCUT2D eigenvalue weighted by molar-refractivity contribution is -0.143. The minimum atomic E-state index is -0.990. The number of imidazole rings is 1. The summed E-state index contributed by atoms with van der Waals surface area (Å²) in [5, 5.41) is 6.45. The molecule has 2 heterocycles. The van der Waals surface area contributed by atoms with E-state index in [9.17, 15) is 19.2 Å². The molecule has 1 aliphatic carbocycles. The molecule has 3 aromatic carbocycles. The number of H-pyrrole nitrogens is 1. The van der Waals surface area contributed by atoms with Crippen molar-refractivity contribution in [1.82, 2.24) is 25.2 Å². The second-order valence-electron chi connectivity index (χ2n) is 13.1. The average molecular weight is 724 g/mol. The molecule has 1 saturated carbocycles. The predicted molar refractivity (Wildman–Crippen MR) is 199 cm³/mol. The third kappa shape index (κ3) is 8.79. The molecule has 0 bridgehead atoms. The van der Waals surface area contributed by atoms with Crippen molar-refractivity contribution in [3.05, 3.63) is 78.0 Å². The van der Waals surface area contributed by atoms with Crippen molar-refractivity contribution in [2.75, 3.05) is 34.0 Å². The van der Waals surface area contributed by atoms with E-state index in [0.717, 1.165) is 65.5 Å². The number of nitrogens with zero attached hydrogens (tertiary/aromatic N) is 2. The Morgan fingerprint density at radius 3 is 2.40 bits per heavy atom. The number of hydrogen-bond acceptors (Lipinski definition) is 9. The molecule has 0 saturated heterocycles. The Bertz CT molecular complexity index is 2080. The monoisotopic (exact) mass is 723 g/mol. The van der Waals surface area contributed by atoms with Gasteiger partial charge in [-0.1, -0.05) is 26.2 Å². The van der Waals surface area contributed by atoms with Crippen molar-refractivity contribution in [1.29, 1.82) is 0 Å². The van der Waals surface area contributed by atoms with E-state index < -0.39 is 23.9 Å². The first-order valence-corrected chi connectivity index (χ1v) is 18.0. The Hall–Kier alpha value is -5.85. The molecule has 6 rings (SSSR count). The Kier molecular flexibility index (Phi) is 11.9. The van der Waals surface area contributed by atoms with Crippen LogP contribution in [0.25, 0.3) is 33.3 Å². The van der Waals surface area contributed by atoms with E-state index >= 15 is 0 Å². The van der Waals surface area contributed by atoms with E-state index in [2.05, 4.69) is 24.9 Å². The topological polar surface area (TPSA) is 163 Å². The van der Waals surface area contributed by atoms with E-state index in [1.54, 1.807) is 30.5 Å². The predicted octanol–water partition coefficient (Wildman–Crippen LogP) is 5.66.